The Hall–Kier alpha value is -2.44. The van der Waals surface area contributed by atoms with E-state index in [4.69, 9.17) is 0 Å². The van der Waals surface area contributed by atoms with Crippen molar-refractivity contribution >= 4 is 28.9 Å². The molecule has 7 nitrogen and oxygen atoms in total. The van der Waals surface area contributed by atoms with Crippen LogP contribution in [0.25, 0.3) is 0 Å². The van der Waals surface area contributed by atoms with Crippen LogP contribution in [0.1, 0.15) is 13.8 Å². The molecule has 0 saturated heterocycles. The second-order valence-corrected chi connectivity index (χ2v) is 4.12. The van der Waals surface area contributed by atoms with Crippen LogP contribution in [0.2, 0.25) is 0 Å². The highest BCUT2D eigenvalue weighted by atomic mass is 16.6. The first-order valence-electron chi connectivity index (χ1n) is 5.52. The molecule has 0 aliphatic carbocycles. The molecule has 0 aromatic heterocycles. The van der Waals surface area contributed by atoms with Crippen molar-refractivity contribution in [1.82, 2.24) is 0 Å². The fourth-order valence-corrected chi connectivity index (χ4v) is 1.44. The Bertz CT molecular complexity index is 504. The molecule has 0 aliphatic heterocycles. The van der Waals surface area contributed by atoms with Gasteiger partial charge in [-0.2, -0.15) is 0 Å². The van der Waals surface area contributed by atoms with Crippen LogP contribution in [0.5, 0.6) is 0 Å². The second kappa shape index (κ2) is 5.47. The van der Waals surface area contributed by atoms with E-state index in [0.717, 1.165) is 0 Å². The fraction of sp³-hybridized carbons (Fsp3) is 0.333. The van der Waals surface area contributed by atoms with E-state index in [1.165, 1.54) is 49.9 Å². The topological polar surface area (TPSA) is 83.8 Å². The molecule has 0 aliphatic rings. The van der Waals surface area contributed by atoms with Gasteiger partial charge < -0.3 is 9.80 Å². The Balaban J connectivity index is 3.37. The first-order valence-corrected chi connectivity index (χ1v) is 5.52. The normalized spacial score (nSPS) is 9.89. The zero-order valence-electron chi connectivity index (χ0n) is 11.2. The molecule has 1 aromatic carbocycles. The predicted octanol–water partition coefficient (Wildman–Crippen LogP) is 1.56. The van der Waals surface area contributed by atoms with E-state index in [9.17, 15) is 19.7 Å². The summed E-state index contributed by atoms with van der Waals surface area (Å²) >= 11 is 0. The standard InChI is InChI=1S/C12H15N3O4/c1-8(16)13(3)10-5-11(14(4)9(2)17)7-12(6-10)15(18)19/h5-7H,1-4H3. The molecule has 0 fully saturated rings. The number of nitro benzene ring substituents is 1. The summed E-state index contributed by atoms with van der Waals surface area (Å²) in [5.74, 6) is -0.506. The van der Waals surface area contributed by atoms with E-state index >= 15 is 0 Å². The summed E-state index contributed by atoms with van der Waals surface area (Å²) in [5, 5.41) is 10.9. The van der Waals surface area contributed by atoms with Crippen molar-refractivity contribution in [2.75, 3.05) is 23.9 Å². The van der Waals surface area contributed by atoms with Gasteiger partial charge in [0.05, 0.1) is 16.3 Å². The zero-order chi connectivity index (χ0) is 14.7. The molecule has 0 atom stereocenters. The molecule has 1 aromatic rings. The van der Waals surface area contributed by atoms with Gasteiger partial charge in [0, 0.05) is 40.1 Å². The van der Waals surface area contributed by atoms with Crippen LogP contribution in [0.15, 0.2) is 18.2 Å². The fourth-order valence-electron chi connectivity index (χ4n) is 1.44. The number of nitrogens with zero attached hydrogens (tertiary/aromatic N) is 3. The van der Waals surface area contributed by atoms with Crippen molar-refractivity contribution in [2.24, 2.45) is 0 Å². The molecule has 0 bridgehead atoms. The molecule has 0 unspecified atom stereocenters. The largest absolute Gasteiger partial charge is 0.315 e. The maximum atomic E-state index is 11.3. The van der Waals surface area contributed by atoms with Gasteiger partial charge in [-0.25, -0.2) is 0 Å². The third kappa shape index (κ3) is 3.27. The van der Waals surface area contributed by atoms with Gasteiger partial charge in [-0.1, -0.05) is 0 Å². The molecule has 0 N–H and O–H groups in total. The SMILES string of the molecule is CC(=O)N(C)c1cc(N(C)C(C)=O)cc([N+](=O)[O-])c1. The number of anilines is 2. The zero-order valence-corrected chi connectivity index (χ0v) is 11.2. The Kier molecular flexibility index (Phi) is 4.21. The summed E-state index contributed by atoms with van der Waals surface area (Å²) in [5.41, 5.74) is 0.559. The van der Waals surface area contributed by atoms with Crippen LogP contribution in [0, 0.1) is 10.1 Å². The van der Waals surface area contributed by atoms with Gasteiger partial charge in [-0.15, -0.1) is 0 Å². The molecule has 0 spiro atoms. The van der Waals surface area contributed by atoms with Crippen molar-refractivity contribution in [3.63, 3.8) is 0 Å². The maximum absolute atomic E-state index is 11.3. The minimum absolute atomic E-state index is 0.172. The van der Waals surface area contributed by atoms with Gasteiger partial charge >= 0.3 is 0 Å². The van der Waals surface area contributed by atoms with Crippen molar-refractivity contribution < 1.29 is 14.5 Å². The minimum Gasteiger partial charge on any atom is -0.315 e. The van der Waals surface area contributed by atoms with E-state index in [0.29, 0.717) is 11.4 Å². The van der Waals surface area contributed by atoms with Crippen molar-refractivity contribution in [2.45, 2.75) is 13.8 Å². The number of non-ortho nitro benzene ring substituents is 1. The number of hydrogen-bond acceptors (Lipinski definition) is 4. The lowest BCUT2D eigenvalue weighted by Gasteiger charge is -2.19. The summed E-state index contributed by atoms with van der Waals surface area (Å²) in [7, 11) is 3.03. The quantitative estimate of drug-likeness (QED) is 0.613. The van der Waals surface area contributed by atoms with Gasteiger partial charge in [0.25, 0.3) is 5.69 Å². The molecule has 0 radical (unpaired) electrons. The molecule has 0 saturated carbocycles. The van der Waals surface area contributed by atoms with E-state index in [-0.39, 0.29) is 17.5 Å². The minimum atomic E-state index is -0.561. The number of benzene rings is 1. The molecule has 19 heavy (non-hydrogen) atoms. The number of carbonyl (C=O) groups is 2. The summed E-state index contributed by atoms with van der Waals surface area (Å²) in [6.45, 7) is 2.71. The number of nitro groups is 1. The van der Waals surface area contributed by atoms with Gasteiger partial charge in [-0.3, -0.25) is 19.7 Å². The number of amides is 2. The number of hydrogen-bond donors (Lipinski definition) is 0. The summed E-state index contributed by atoms with van der Waals surface area (Å²) in [6.07, 6.45) is 0. The van der Waals surface area contributed by atoms with Crippen molar-refractivity contribution in [3.8, 4) is 0 Å². The molecular formula is C12H15N3O4. The summed E-state index contributed by atoms with van der Waals surface area (Å²) in [6, 6.07) is 4.13. The van der Waals surface area contributed by atoms with E-state index < -0.39 is 4.92 Å². The van der Waals surface area contributed by atoms with Gasteiger partial charge in [0.2, 0.25) is 11.8 Å². The van der Waals surface area contributed by atoms with Gasteiger partial charge in [0.1, 0.15) is 0 Å². The second-order valence-electron chi connectivity index (χ2n) is 4.12. The monoisotopic (exact) mass is 265 g/mol. The van der Waals surface area contributed by atoms with E-state index in [1.807, 2.05) is 0 Å². The third-order valence-corrected chi connectivity index (χ3v) is 2.82. The third-order valence-electron chi connectivity index (χ3n) is 2.82. The Labute approximate surface area is 110 Å². The van der Waals surface area contributed by atoms with Crippen LogP contribution in [0.4, 0.5) is 17.1 Å². The van der Waals surface area contributed by atoms with Crippen LogP contribution in [-0.4, -0.2) is 30.8 Å². The average Bonchev–Trinajstić information content (AvgIpc) is 2.35. The average molecular weight is 265 g/mol. The molecular weight excluding hydrogens is 250 g/mol. The Morgan fingerprint density at radius 2 is 1.37 bits per heavy atom. The molecule has 102 valence electrons. The maximum Gasteiger partial charge on any atom is 0.273 e. The lowest BCUT2D eigenvalue weighted by molar-refractivity contribution is -0.384. The summed E-state index contributed by atoms with van der Waals surface area (Å²) in [4.78, 5) is 35.5. The van der Waals surface area contributed by atoms with Crippen molar-refractivity contribution in [3.05, 3.63) is 28.3 Å². The lowest BCUT2D eigenvalue weighted by Crippen LogP contribution is -2.25. The predicted molar refractivity (Wildman–Crippen MR) is 71.3 cm³/mol. The van der Waals surface area contributed by atoms with Gasteiger partial charge in [0.15, 0.2) is 0 Å². The Morgan fingerprint density at radius 3 is 1.63 bits per heavy atom. The molecule has 0 heterocycles. The highest BCUT2D eigenvalue weighted by Gasteiger charge is 2.17. The van der Waals surface area contributed by atoms with Crippen LogP contribution >= 0.6 is 0 Å². The molecule has 2 amide bonds. The number of carbonyl (C=O) groups excluding carboxylic acids is 2. The van der Waals surface area contributed by atoms with E-state index in [1.54, 1.807) is 6.07 Å². The smallest absolute Gasteiger partial charge is 0.273 e. The van der Waals surface area contributed by atoms with Crippen molar-refractivity contribution in [1.29, 1.82) is 0 Å². The lowest BCUT2D eigenvalue weighted by atomic mass is 10.2. The van der Waals surface area contributed by atoms with Crippen LogP contribution < -0.4 is 9.80 Å². The summed E-state index contributed by atoms with van der Waals surface area (Å²) < 4.78 is 0. The molecule has 7 heteroatoms. The van der Waals surface area contributed by atoms with Crippen LogP contribution in [-0.2, 0) is 9.59 Å². The Morgan fingerprint density at radius 1 is 1.00 bits per heavy atom. The highest BCUT2D eigenvalue weighted by Crippen LogP contribution is 2.28. The van der Waals surface area contributed by atoms with E-state index in [2.05, 4.69) is 0 Å². The molecule has 1 rings (SSSR count). The highest BCUT2D eigenvalue weighted by molar-refractivity contribution is 5.95. The van der Waals surface area contributed by atoms with Gasteiger partial charge in [-0.05, 0) is 6.07 Å². The first-order chi connectivity index (χ1) is 8.73. The first kappa shape index (κ1) is 14.6. The van der Waals surface area contributed by atoms with Crippen LogP contribution in [0.3, 0.4) is 0 Å². The number of rotatable bonds is 3.